The van der Waals surface area contributed by atoms with E-state index in [9.17, 15) is 19.2 Å². The first-order chi connectivity index (χ1) is 19.4. The lowest BCUT2D eigenvalue weighted by atomic mass is 10.0. The summed E-state index contributed by atoms with van der Waals surface area (Å²) in [7, 11) is 0. The summed E-state index contributed by atoms with van der Waals surface area (Å²) in [6.07, 6.45) is 0.576. The third kappa shape index (κ3) is 8.05. The maximum Gasteiger partial charge on any atom is 0.239 e. The highest BCUT2D eigenvalue weighted by Crippen LogP contribution is 2.26. The number of nitrogens with one attached hydrogen (secondary N) is 3. The normalized spacial score (nSPS) is 12.3. The molecule has 1 aliphatic rings. The van der Waals surface area contributed by atoms with E-state index in [-0.39, 0.29) is 43.8 Å². The quantitative estimate of drug-likeness (QED) is 0.346. The molecule has 204 valence electrons. The first-order valence-electron chi connectivity index (χ1n) is 13.2. The Morgan fingerprint density at radius 2 is 1.38 bits per heavy atom. The SMILES string of the molecule is CC(Cc1ccccc1)NC(=O)CNC(=O)CNC(=O)CCC(=O)N1Cc2ccccc2C#Cc2ccccc21. The summed E-state index contributed by atoms with van der Waals surface area (Å²) in [5.74, 6) is 4.89. The Bertz CT molecular complexity index is 1440. The molecular weight excluding hydrogens is 504 g/mol. The molecule has 0 bridgehead atoms. The molecule has 3 aromatic rings. The lowest BCUT2D eigenvalue weighted by molar-refractivity contribution is -0.128. The van der Waals surface area contributed by atoms with Gasteiger partial charge in [0.25, 0.3) is 0 Å². The molecule has 1 atom stereocenters. The van der Waals surface area contributed by atoms with Crippen molar-refractivity contribution in [2.45, 2.75) is 38.8 Å². The summed E-state index contributed by atoms with van der Waals surface area (Å²) < 4.78 is 0. The lowest BCUT2D eigenvalue weighted by Crippen LogP contribution is -2.44. The molecule has 0 saturated heterocycles. The fourth-order valence-corrected chi connectivity index (χ4v) is 4.42. The van der Waals surface area contributed by atoms with E-state index in [1.165, 1.54) is 0 Å². The van der Waals surface area contributed by atoms with Crippen LogP contribution in [0.2, 0.25) is 0 Å². The van der Waals surface area contributed by atoms with Crippen LogP contribution in [0.1, 0.15) is 42.0 Å². The van der Waals surface area contributed by atoms with E-state index in [4.69, 9.17) is 0 Å². The third-order valence-electron chi connectivity index (χ3n) is 6.42. The highest BCUT2D eigenvalue weighted by Gasteiger charge is 2.22. The zero-order valence-electron chi connectivity index (χ0n) is 22.4. The number of hydrogen-bond donors (Lipinski definition) is 3. The van der Waals surface area contributed by atoms with Gasteiger partial charge in [0.1, 0.15) is 0 Å². The van der Waals surface area contributed by atoms with E-state index in [1.807, 2.05) is 85.8 Å². The monoisotopic (exact) mass is 536 g/mol. The van der Waals surface area contributed by atoms with Gasteiger partial charge in [-0.1, -0.05) is 72.5 Å². The van der Waals surface area contributed by atoms with Gasteiger partial charge in [0.05, 0.1) is 25.3 Å². The average molecular weight is 537 g/mol. The van der Waals surface area contributed by atoms with Gasteiger partial charge in [0.15, 0.2) is 0 Å². The summed E-state index contributed by atoms with van der Waals surface area (Å²) in [5, 5.41) is 7.87. The van der Waals surface area contributed by atoms with Gasteiger partial charge in [-0.25, -0.2) is 0 Å². The van der Waals surface area contributed by atoms with Crippen LogP contribution in [0, 0.1) is 11.8 Å². The van der Waals surface area contributed by atoms with Crippen LogP contribution < -0.4 is 20.9 Å². The molecule has 8 heteroatoms. The predicted octanol–water partition coefficient (Wildman–Crippen LogP) is 2.69. The number of hydrogen-bond acceptors (Lipinski definition) is 4. The summed E-state index contributed by atoms with van der Waals surface area (Å²) in [6.45, 7) is 1.77. The van der Waals surface area contributed by atoms with Gasteiger partial charge in [0, 0.05) is 30.0 Å². The van der Waals surface area contributed by atoms with E-state index >= 15 is 0 Å². The number of rotatable bonds is 10. The fourth-order valence-electron chi connectivity index (χ4n) is 4.42. The Labute approximate surface area is 234 Å². The second kappa shape index (κ2) is 13.8. The molecule has 0 spiro atoms. The fraction of sp³-hybridized carbons (Fsp3) is 0.250. The Hall–Kier alpha value is -4.90. The first-order valence-corrected chi connectivity index (χ1v) is 13.2. The van der Waals surface area contributed by atoms with E-state index in [1.54, 1.807) is 4.90 Å². The van der Waals surface area contributed by atoms with Gasteiger partial charge >= 0.3 is 0 Å². The second-order valence-electron chi connectivity index (χ2n) is 9.62. The average Bonchev–Trinajstić information content (AvgIpc) is 2.95. The number of nitrogens with zero attached hydrogens (tertiary/aromatic N) is 1. The minimum Gasteiger partial charge on any atom is -0.352 e. The molecule has 3 aromatic carbocycles. The maximum atomic E-state index is 13.2. The molecule has 0 fully saturated rings. The Morgan fingerprint density at radius 1 is 0.750 bits per heavy atom. The van der Waals surface area contributed by atoms with E-state index < -0.39 is 11.8 Å². The van der Waals surface area contributed by atoms with Crippen molar-refractivity contribution in [1.82, 2.24) is 16.0 Å². The molecule has 0 aliphatic carbocycles. The molecule has 1 aliphatic heterocycles. The maximum absolute atomic E-state index is 13.2. The lowest BCUT2D eigenvalue weighted by Gasteiger charge is -2.26. The number of carbonyl (C=O) groups excluding carboxylic acids is 4. The highest BCUT2D eigenvalue weighted by molar-refractivity contribution is 5.97. The molecule has 0 radical (unpaired) electrons. The third-order valence-corrected chi connectivity index (χ3v) is 6.42. The minimum atomic E-state index is -0.488. The van der Waals surface area contributed by atoms with Crippen molar-refractivity contribution in [2.75, 3.05) is 18.0 Å². The van der Waals surface area contributed by atoms with E-state index in [2.05, 4.69) is 27.8 Å². The van der Waals surface area contributed by atoms with Crippen LogP contribution in [0.25, 0.3) is 0 Å². The van der Waals surface area contributed by atoms with Crippen molar-refractivity contribution in [1.29, 1.82) is 0 Å². The molecule has 0 saturated carbocycles. The molecular formula is C32H32N4O4. The Morgan fingerprint density at radius 3 is 2.17 bits per heavy atom. The highest BCUT2D eigenvalue weighted by atomic mass is 16.2. The number of carbonyl (C=O) groups is 4. The van der Waals surface area contributed by atoms with Crippen LogP contribution in [0.4, 0.5) is 5.69 Å². The van der Waals surface area contributed by atoms with Crippen LogP contribution in [0.3, 0.4) is 0 Å². The van der Waals surface area contributed by atoms with Gasteiger partial charge in [-0.3, -0.25) is 19.2 Å². The Kier molecular flexibility index (Phi) is 9.67. The van der Waals surface area contributed by atoms with Gasteiger partial charge in [-0.15, -0.1) is 0 Å². The summed E-state index contributed by atoms with van der Waals surface area (Å²) >= 11 is 0. The van der Waals surface area contributed by atoms with Crippen molar-refractivity contribution >= 4 is 29.3 Å². The standard InChI is InChI=1S/C32H32N4O4/c1-23(19-24-9-3-2-4-10-24)35-31(39)21-34-30(38)20-33-29(37)17-18-32(40)36-22-27-13-6-5-11-25(27)15-16-26-12-7-8-14-28(26)36/h2-14,23H,17-22H2,1H3,(H,33,37)(H,34,38)(H,35,39). The first kappa shape index (κ1) is 28.1. The van der Waals surface area contributed by atoms with Gasteiger partial charge in [0.2, 0.25) is 23.6 Å². The zero-order chi connectivity index (χ0) is 28.3. The number of para-hydroxylation sites is 1. The molecule has 4 rings (SSSR count). The van der Waals surface area contributed by atoms with E-state index in [0.29, 0.717) is 18.7 Å². The largest absolute Gasteiger partial charge is 0.352 e. The molecule has 4 amide bonds. The summed E-state index contributed by atoms with van der Waals surface area (Å²) in [5.41, 5.74) is 4.33. The molecule has 3 N–H and O–H groups in total. The topological polar surface area (TPSA) is 108 Å². The molecule has 1 unspecified atom stereocenters. The number of amides is 4. The van der Waals surface area contributed by atoms with E-state index in [0.717, 1.165) is 22.3 Å². The smallest absolute Gasteiger partial charge is 0.239 e. The number of anilines is 1. The molecule has 40 heavy (non-hydrogen) atoms. The molecule has 8 nitrogen and oxygen atoms in total. The second-order valence-corrected chi connectivity index (χ2v) is 9.62. The Balaban J connectivity index is 1.21. The van der Waals surface area contributed by atoms with Crippen molar-refractivity contribution < 1.29 is 19.2 Å². The van der Waals surface area contributed by atoms with Crippen LogP contribution in [0.15, 0.2) is 78.9 Å². The van der Waals surface area contributed by atoms with Gasteiger partial charge < -0.3 is 20.9 Å². The van der Waals surface area contributed by atoms with Gasteiger partial charge in [-0.05, 0) is 42.7 Å². The van der Waals surface area contributed by atoms with Crippen LogP contribution in [0.5, 0.6) is 0 Å². The van der Waals surface area contributed by atoms with Crippen LogP contribution >= 0.6 is 0 Å². The number of fused-ring (bicyclic) bond motifs is 2. The number of benzene rings is 3. The van der Waals surface area contributed by atoms with Gasteiger partial charge in [-0.2, -0.15) is 0 Å². The van der Waals surface area contributed by atoms with Crippen molar-refractivity contribution in [3.8, 4) is 11.8 Å². The predicted molar refractivity (Wildman–Crippen MR) is 153 cm³/mol. The van der Waals surface area contributed by atoms with Crippen LogP contribution in [-0.2, 0) is 32.1 Å². The zero-order valence-corrected chi connectivity index (χ0v) is 22.4. The minimum absolute atomic E-state index is 0.0287. The van der Waals surface area contributed by atoms with Crippen molar-refractivity contribution in [3.63, 3.8) is 0 Å². The summed E-state index contributed by atoms with van der Waals surface area (Å²) in [6, 6.07) is 24.8. The van der Waals surface area contributed by atoms with Crippen molar-refractivity contribution in [2.24, 2.45) is 0 Å². The molecule has 1 heterocycles. The van der Waals surface area contributed by atoms with Crippen molar-refractivity contribution in [3.05, 3.63) is 101 Å². The van der Waals surface area contributed by atoms with Crippen LogP contribution in [-0.4, -0.2) is 42.8 Å². The summed E-state index contributed by atoms with van der Waals surface area (Å²) in [4.78, 5) is 51.6. The molecule has 0 aromatic heterocycles.